The zero-order valence-corrected chi connectivity index (χ0v) is 21.2. The Bertz CT molecular complexity index is 1410. The van der Waals surface area contributed by atoms with Crippen molar-refractivity contribution in [3.05, 3.63) is 66.2 Å². The Morgan fingerprint density at radius 3 is 2.70 bits per heavy atom. The number of carbonyl (C=O) groups is 1. The van der Waals surface area contributed by atoms with Crippen LogP contribution in [-0.4, -0.2) is 33.3 Å². The lowest BCUT2D eigenvalue weighted by Crippen LogP contribution is -2.18. The summed E-state index contributed by atoms with van der Waals surface area (Å²) in [6, 6.07) is 16.4. The lowest BCUT2D eigenvalue weighted by Gasteiger charge is -2.30. The lowest BCUT2D eigenvalue weighted by molar-refractivity contribution is 0.130. The van der Waals surface area contributed by atoms with E-state index in [-0.39, 0.29) is 6.10 Å². The third kappa shape index (κ3) is 5.31. The Morgan fingerprint density at radius 1 is 1.24 bits per heavy atom. The van der Waals surface area contributed by atoms with Crippen LogP contribution in [0.3, 0.4) is 0 Å². The fraction of sp³-hybridized carbons (Fsp3) is 0.345. The molecular weight excluding hydrogens is 466 g/mol. The van der Waals surface area contributed by atoms with Crippen LogP contribution in [0.5, 0.6) is 5.75 Å². The summed E-state index contributed by atoms with van der Waals surface area (Å²) in [6.07, 6.45) is 7.93. The van der Waals surface area contributed by atoms with Gasteiger partial charge in [0.25, 0.3) is 0 Å². The molecule has 37 heavy (non-hydrogen) atoms. The summed E-state index contributed by atoms with van der Waals surface area (Å²) in [4.78, 5) is 19.3. The number of hydrogen-bond acceptors (Lipinski definition) is 5. The monoisotopic (exact) mass is 497 g/mol. The van der Waals surface area contributed by atoms with Crippen molar-refractivity contribution < 1.29 is 14.3 Å². The number of aromatic nitrogens is 3. The number of nitrogens with one attached hydrogen (secondary N) is 2. The molecule has 2 aromatic heterocycles. The molecule has 1 aliphatic carbocycles. The van der Waals surface area contributed by atoms with Crippen LogP contribution >= 0.6 is 0 Å². The number of amides is 1. The molecule has 8 nitrogen and oxygen atoms in total. The van der Waals surface area contributed by atoms with Gasteiger partial charge in [0.15, 0.2) is 0 Å². The van der Waals surface area contributed by atoms with Gasteiger partial charge in [-0.15, -0.1) is 0 Å². The van der Waals surface area contributed by atoms with E-state index < -0.39 is 6.09 Å². The predicted octanol–water partition coefficient (Wildman–Crippen LogP) is 6.60. The third-order valence-electron chi connectivity index (χ3n) is 6.66. The van der Waals surface area contributed by atoms with Crippen LogP contribution in [0.25, 0.3) is 22.2 Å². The number of rotatable bonds is 9. The summed E-state index contributed by atoms with van der Waals surface area (Å²) in [5.74, 6) is 1.75. The summed E-state index contributed by atoms with van der Waals surface area (Å²) >= 11 is 0. The maximum absolute atomic E-state index is 12.0. The molecule has 8 heteroatoms. The highest BCUT2D eigenvalue weighted by Gasteiger charge is 2.28. The van der Waals surface area contributed by atoms with Gasteiger partial charge in [0, 0.05) is 42.0 Å². The predicted molar refractivity (Wildman–Crippen MR) is 143 cm³/mol. The van der Waals surface area contributed by atoms with Crippen LogP contribution in [0.15, 0.2) is 54.9 Å². The molecule has 0 bridgehead atoms. The normalized spacial score (nSPS) is 13.4. The van der Waals surface area contributed by atoms with Crippen LogP contribution in [-0.2, 0) is 11.2 Å². The molecule has 1 saturated carbocycles. The van der Waals surface area contributed by atoms with Crippen molar-refractivity contribution in [2.24, 2.45) is 0 Å². The van der Waals surface area contributed by atoms with E-state index >= 15 is 0 Å². The summed E-state index contributed by atoms with van der Waals surface area (Å²) in [5, 5.41) is 13.9. The molecule has 0 saturated heterocycles. The standard InChI is InChI=1S/C29H31N5O3/c1-19(2)37-29(35)33-21-10-8-20(9-11-21)28-25(18-30)24-13-12-23(17-26(24)34(28)22-5-3-6-22)36-16-4-7-27-31-14-15-32-27/h8-15,17,19,22H,3-7,16H2,1-2H3,(H,31,32)(H,33,35). The van der Waals surface area contributed by atoms with Gasteiger partial charge in [0.2, 0.25) is 0 Å². The Kier molecular flexibility index (Phi) is 7.13. The number of aryl methyl sites for hydroxylation is 1. The second-order valence-corrected chi connectivity index (χ2v) is 9.61. The van der Waals surface area contributed by atoms with E-state index in [0.717, 1.165) is 59.4 Å². The second-order valence-electron chi connectivity index (χ2n) is 9.61. The highest BCUT2D eigenvalue weighted by molar-refractivity contribution is 5.96. The molecule has 2 aromatic carbocycles. The zero-order valence-electron chi connectivity index (χ0n) is 21.2. The van der Waals surface area contributed by atoms with E-state index in [4.69, 9.17) is 9.47 Å². The van der Waals surface area contributed by atoms with Crippen molar-refractivity contribution in [2.75, 3.05) is 11.9 Å². The first-order valence-corrected chi connectivity index (χ1v) is 12.8. The second kappa shape index (κ2) is 10.8. The van der Waals surface area contributed by atoms with Gasteiger partial charge in [-0.3, -0.25) is 5.32 Å². The van der Waals surface area contributed by atoms with Crippen LogP contribution in [0.1, 0.15) is 57.0 Å². The Hall–Kier alpha value is -4.25. The number of aromatic amines is 1. The van der Waals surface area contributed by atoms with Crippen molar-refractivity contribution >= 4 is 22.7 Å². The van der Waals surface area contributed by atoms with E-state index in [1.54, 1.807) is 6.20 Å². The van der Waals surface area contributed by atoms with Gasteiger partial charge in [0.05, 0.1) is 29.5 Å². The number of carbonyl (C=O) groups excluding carboxylic acids is 1. The smallest absolute Gasteiger partial charge is 0.411 e. The number of anilines is 1. The highest BCUT2D eigenvalue weighted by Crippen LogP contribution is 2.43. The van der Waals surface area contributed by atoms with Crippen molar-refractivity contribution in [2.45, 2.75) is 58.1 Å². The van der Waals surface area contributed by atoms with Gasteiger partial charge in [-0.2, -0.15) is 5.26 Å². The van der Waals surface area contributed by atoms with Gasteiger partial charge in [0.1, 0.15) is 17.6 Å². The molecule has 0 aliphatic heterocycles. The van der Waals surface area contributed by atoms with Gasteiger partial charge in [-0.1, -0.05) is 12.1 Å². The number of hydrogen-bond donors (Lipinski definition) is 2. The average Bonchev–Trinajstić information content (AvgIpc) is 3.47. The van der Waals surface area contributed by atoms with E-state index in [1.807, 2.05) is 56.4 Å². The van der Waals surface area contributed by atoms with Crippen LogP contribution < -0.4 is 10.1 Å². The van der Waals surface area contributed by atoms with Gasteiger partial charge in [-0.25, -0.2) is 9.78 Å². The Balaban J connectivity index is 1.43. The minimum Gasteiger partial charge on any atom is -0.494 e. The first-order valence-electron chi connectivity index (χ1n) is 12.8. The zero-order chi connectivity index (χ0) is 25.8. The minimum atomic E-state index is -0.485. The van der Waals surface area contributed by atoms with Gasteiger partial charge in [-0.05, 0) is 69.4 Å². The maximum atomic E-state index is 12.0. The number of imidazole rings is 1. The summed E-state index contributed by atoms with van der Waals surface area (Å²) in [6.45, 7) is 4.20. The Labute approximate surface area is 216 Å². The van der Waals surface area contributed by atoms with Crippen molar-refractivity contribution in [1.82, 2.24) is 14.5 Å². The van der Waals surface area contributed by atoms with Crippen molar-refractivity contribution in [3.8, 4) is 23.1 Å². The largest absolute Gasteiger partial charge is 0.494 e. The van der Waals surface area contributed by atoms with Crippen LogP contribution in [0, 0.1) is 11.3 Å². The Morgan fingerprint density at radius 2 is 2.05 bits per heavy atom. The minimum absolute atomic E-state index is 0.194. The molecule has 0 atom stereocenters. The number of fused-ring (bicyclic) bond motifs is 1. The SMILES string of the molecule is CC(C)OC(=O)Nc1ccc(-c2c(C#N)c3ccc(OCCCc4ncc[nH]4)cc3n2C2CCC2)cc1. The molecule has 0 unspecified atom stereocenters. The highest BCUT2D eigenvalue weighted by atomic mass is 16.6. The van der Waals surface area contributed by atoms with E-state index in [2.05, 4.69) is 32.0 Å². The third-order valence-corrected chi connectivity index (χ3v) is 6.66. The lowest BCUT2D eigenvalue weighted by atomic mass is 9.92. The molecule has 0 spiro atoms. The first kappa shape index (κ1) is 24.4. The van der Waals surface area contributed by atoms with Crippen LogP contribution in [0.2, 0.25) is 0 Å². The van der Waals surface area contributed by atoms with E-state index in [9.17, 15) is 10.1 Å². The first-order chi connectivity index (χ1) is 18.0. The molecule has 0 radical (unpaired) electrons. The number of nitrogens with zero attached hydrogens (tertiary/aromatic N) is 3. The van der Waals surface area contributed by atoms with E-state index in [0.29, 0.717) is 23.9 Å². The maximum Gasteiger partial charge on any atom is 0.411 e. The fourth-order valence-electron chi connectivity index (χ4n) is 4.74. The average molecular weight is 498 g/mol. The van der Waals surface area contributed by atoms with Gasteiger partial charge >= 0.3 is 6.09 Å². The molecule has 4 aromatic rings. The van der Waals surface area contributed by atoms with Gasteiger partial charge < -0.3 is 19.0 Å². The molecular formula is C29H31N5O3. The molecule has 2 heterocycles. The molecule has 190 valence electrons. The van der Waals surface area contributed by atoms with E-state index in [1.165, 1.54) is 6.42 Å². The topological polar surface area (TPSA) is 105 Å². The molecule has 2 N–H and O–H groups in total. The van der Waals surface area contributed by atoms with Crippen molar-refractivity contribution in [1.29, 1.82) is 5.26 Å². The molecule has 1 aliphatic rings. The van der Waals surface area contributed by atoms with Crippen LogP contribution in [0.4, 0.5) is 10.5 Å². The molecule has 1 amide bonds. The quantitative estimate of drug-likeness (QED) is 0.254. The number of ether oxygens (including phenoxy) is 2. The number of nitriles is 1. The summed E-state index contributed by atoms with van der Waals surface area (Å²) in [5.41, 5.74) is 4.16. The number of benzene rings is 2. The molecule has 1 fully saturated rings. The molecule has 5 rings (SSSR count). The van der Waals surface area contributed by atoms with Crippen molar-refractivity contribution in [3.63, 3.8) is 0 Å². The fourth-order valence-corrected chi connectivity index (χ4v) is 4.74. The summed E-state index contributed by atoms with van der Waals surface area (Å²) in [7, 11) is 0. The number of H-pyrrole nitrogens is 1. The summed E-state index contributed by atoms with van der Waals surface area (Å²) < 4.78 is 13.6.